The average molecular weight is 506 g/mol. The summed E-state index contributed by atoms with van der Waals surface area (Å²) in [4.78, 5) is 16.6. The van der Waals surface area contributed by atoms with Crippen LogP contribution in [0.15, 0.2) is 45.8 Å². The van der Waals surface area contributed by atoms with Crippen LogP contribution in [0.4, 0.5) is 11.4 Å². The van der Waals surface area contributed by atoms with Crippen LogP contribution in [-0.4, -0.2) is 50.9 Å². The lowest BCUT2D eigenvalue weighted by atomic mass is 10.1. The Morgan fingerprint density at radius 2 is 1.84 bits per heavy atom. The van der Waals surface area contributed by atoms with Crippen molar-refractivity contribution in [2.45, 2.75) is 44.6 Å². The van der Waals surface area contributed by atoms with Crippen LogP contribution in [-0.2, 0) is 21.2 Å². The number of hydrogen-bond acceptors (Lipinski definition) is 4. The number of amides is 1. The highest BCUT2D eigenvalue weighted by molar-refractivity contribution is 9.10. The van der Waals surface area contributed by atoms with Crippen LogP contribution >= 0.6 is 15.9 Å². The Hall–Kier alpha value is -1.90. The summed E-state index contributed by atoms with van der Waals surface area (Å²) in [5.74, 6) is -0.0462. The van der Waals surface area contributed by atoms with Gasteiger partial charge in [0.2, 0.25) is 15.9 Å². The molecule has 2 aliphatic heterocycles. The molecule has 31 heavy (non-hydrogen) atoms. The smallest absolute Gasteiger partial charge is 0.245 e. The highest BCUT2D eigenvalue weighted by Crippen LogP contribution is 2.39. The third-order valence-electron chi connectivity index (χ3n) is 6.17. The van der Waals surface area contributed by atoms with Crippen LogP contribution in [0.5, 0.6) is 0 Å². The van der Waals surface area contributed by atoms with Crippen LogP contribution in [0, 0.1) is 6.92 Å². The molecule has 0 unspecified atom stereocenters. The maximum absolute atomic E-state index is 13.7. The van der Waals surface area contributed by atoms with E-state index in [1.165, 1.54) is 5.56 Å². The van der Waals surface area contributed by atoms with Crippen LogP contribution in [0.1, 0.15) is 31.4 Å². The van der Waals surface area contributed by atoms with Gasteiger partial charge in [0.15, 0.2) is 0 Å². The number of carbonyl (C=O) groups is 1. The number of rotatable bonds is 4. The number of fused-ring (bicyclic) bond motifs is 1. The predicted octanol–water partition coefficient (Wildman–Crippen LogP) is 3.96. The minimum atomic E-state index is -3.75. The van der Waals surface area contributed by atoms with Crippen molar-refractivity contribution in [2.75, 3.05) is 36.0 Å². The van der Waals surface area contributed by atoms with Crippen molar-refractivity contribution in [3.05, 3.63) is 52.0 Å². The molecule has 6 nitrogen and oxygen atoms in total. The summed E-state index contributed by atoms with van der Waals surface area (Å²) in [6.07, 6.45) is 1.02. The fraction of sp³-hybridized carbons (Fsp3) is 0.435. The Morgan fingerprint density at radius 3 is 2.48 bits per heavy atom. The quantitative estimate of drug-likeness (QED) is 0.630. The number of carbonyl (C=O) groups excluding carboxylic acids is 1. The Morgan fingerprint density at radius 1 is 1.13 bits per heavy atom. The summed E-state index contributed by atoms with van der Waals surface area (Å²) in [6.45, 7) is 7.87. The lowest BCUT2D eigenvalue weighted by Crippen LogP contribution is -2.53. The molecule has 2 aromatic rings. The first-order valence-electron chi connectivity index (χ1n) is 10.7. The molecule has 8 heteroatoms. The zero-order valence-electron chi connectivity index (χ0n) is 18.1. The number of hydrogen-bond donors (Lipinski definition) is 0. The highest BCUT2D eigenvalue weighted by Gasteiger charge is 2.37. The number of nitrogens with zero attached hydrogens (tertiary/aromatic N) is 3. The number of sulfonamides is 1. The molecule has 4 rings (SSSR count). The van der Waals surface area contributed by atoms with Crippen LogP contribution in [0.25, 0.3) is 0 Å². The fourth-order valence-electron chi connectivity index (χ4n) is 4.51. The van der Waals surface area contributed by atoms with Gasteiger partial charge in [0.05, 0.1) is 5.69 Å². The first-order chi connectivity index (χ1) is 14.7. The minimum Gasteiger partial charge on any atom is -0.366 e. The van der Waals surface area contributed by atoms with Gasteiger partial charge in [-0.25, -0.2) is 8.42 Å². The summed E-state index contributed by atoms with van der Waals surface area (Å²) < 4.78 is 29.8. The molecule has 0 radical (unpaired) electrons. The monoisotopic (exact) mass is 505 g/mol. The highest BCUT2D eigenvalue weighted by atomic mass is 79.9. The van der Waals surface area contributed by atoms with E-state index in [2.05, 4.69) is 58.9 Å². The van der Waals surface area contributed by atoms with E-state index in [0.717, 1.165) is 15.7 Å². The fourth-order valence-corrected chi connectivity index (χ4v) is 6.94. The largest absolute Gasteiger partial charge is 0.366 e. The summed E-state index contributed by atoms with van der Waals surface area (Å²) in [7, 11) is -3.75. The predicted molar refractivity (Wildman–Crippen MR) is 127 cm³/mol. The maximum atomic E-state index is 13.7. The summed E-state index contributed by atoms with van der Waals surface area (Å²) in [5, 5.41) is 0. The van der Waals surface area contributed by atoms with E-state index in [0.29, 0.717) is 44.7 Å². The molecule has 1 atom stereocenters. The third-order valence-corrected chi connectivity index (χ3v) is 8.51. The third kappa shape index (κ3) is 4.13. The van der Waals surface area contributed by atoms with Gasteiger partial charge in [0.1, 0.15) is 4.90 Å². The topological polar surface area (TPSA) is 60.9 Å². The van der Waals surface area contributed by atoms with Crippen molar-refractivity contribution in [1.29, 1.82) is 0 Å². The Kier molecular flexibility index (Phi) is 6.16. The standard InChI is InChI=1S/C23H28BrN3O3S/c1-4-22(28)27-10-9-18-13-19(24)14-21(23(18)27)31(29,30)25-11-12-26(17(3)15-25)20-7-5-16(2)6-8-20/h5-8,13-14,17H,4,9-12,15H2,1-3H3/t17-/m0/s1. The van der Waals surface area contributed by atoms with Gasteiger partial charge in [-0.05, 0) is 50.1 Å². The van der Waals surface area contributed by atoms with E-state index in [4.69, 9.17) is 0 Å². The molecule has 0 N–H and O–H groups in total. The number of halogens is 1. The first kappa shape index (κ1) is 22.3. The number of piperazine rings is 1. The van der Waals surface area contributed by atoms with Crippen molar-refractivity contribution in [2.24, 2.45) is 0 Å². The van der Waals surface area contributed by atoms with Gasteiger partial charge in [0, 0.05) is 48.8 Å². The number of benzene rings is 2. The van der Waals surface area contributed by atoms with E-state index < -0.39 is 10.0 Å². The van der Waals surface area contributed by atoms with E-state index in [1.807, 2.05) is 6.07 Å². The first-order valence-corrected chi connectivity index (χ1v) is 12.9. The molecular weight excluding hydrogens is 478 g/mol. The summed E-state index contributed by atoms with van der Waals surface area (Å²) >= 11 is 3.47. The molecule has 166 valence electrons. The molecule has 2 aromatic carbocycles. The van der Waals surface area contributed by atoms with Crippen molar-refractivity contribution in [3.63, 3.8) is 0 Å². The molecule has 0 bridgehead atoms. The van der Waals surface area contributed by atoms with Gasteiger partial charge in [0.25, 0.3) is 0 Å². The SMILES string of the molecule is CCC(=O)N1CCc2cc(Br)cc(S(=O)(=O)N3CCN(c4ccc(C)cc4)[C@@H](C)C3)c21. The lowest BCUT2D eigenvalue weighted by molar-refractivity contribution is -0.118. The second kappa shape index (κ2) is 8.56. The van der Waals surface area contributed by atoms with Crippen LogP contribution < -0.4 is 9.80 Å². The molecule has 0 aromatic heterocycles. The van der Waals surface area contributed by atoms with Crippen molar-refractivity contribution < 1.29 is 13.2 Å². The van der Waals surface area contributed by atoms with E-state index in [-0.39, 0.29) is 16.8 Å². The zero-order valence-corrected chi connectivity index (χ0v) is 20.5. The molecule has 1 amide bonds. The molecule has 1 fully saturated rings. The van der Waals surface area contributed by atoms with Crippen molar-refractivity contribution >= 4 is 43.2 Å². The molecule has 2 heterocycles. The van der Waals surface area contributed by atoms with Crippen molar-refractivity contribution in [1.82, 2.24) is 4.31 Å². The van der Waals surface area contributed by atoms with E-state index in [9.17, 15) is 13.2 Å². The Balaban J connectivity index is 1.64. The zero-order chi connectivity index (χ0) is 22.3. The van der Waals surface area contributed by atoms with Crippen molar-refractivity contribution in [3.8, 4) is 0 Å². The molecular formula is C23H28BrN3O3S. The molecule has 0 aliphatic carbocycles. The van der Waals surface area contributed by atoms with Gasteiger partial charge in [-0.1, -0.05) is 40.5 Å². The van der Waals surface area contributed by atoms with Gasteiger partial charge in [-0.15, -0.1) is 0 Å². The van der Waals surface area contributed by atoms with Crippen LogP contribution in [0.3, 0.4) is 0 Å². The average Bonchev–Trinajstić information content (AvgIpc) is 3.16. The molecule has 1 saturated heterocycles. The minimum absolute atomic E-state index is 0.0415. The van der Waals surface area contributed by atoms with Gasteiger partial charge >= 0.3 is 0 Å². The van der Waals surface area contributed by atoms with Gasteiger partial charge in [-0.2, -0.15) is 4.31 Å². The molecule has 2 aliphatic rings. The van der Waals surface area contributed by atoms with Crippen LogP contribution in [0.2, 0.25) is 0 Å². The Bertz CT molecular complexity index is 1100. The summed E-state index contributed by atoms with van der Waals surface area (Å²) in [5.41, 5.74) is 3.77. The lowest BCUT2D eigenvalue weighted by Gasteiger charge is -2.41. The normalized spacial score (nSPS) is 19.5. The van der Waals surface area contributed by atoms with E-state index >= 15 is 0 Å². The Labute approximate surface area is 193 Å². The molecule has 0 saturated carbocycles. The van der Waals surface area contributed by atoms with Gasteiger partial charge in [-0.3, -0.25) is 4.79 Å². The number of anilines is 2. The molecule has 0 spiro atoms. The van der Waals surface area contributed by atoms with Gasteiger partial charge < -0.3 is 9.80 Å². The number of aryl methyl sites for hydroxylation is 1. The van der Waals surface area contributed by atoms with E-state index in [1.54, 1.807) is 22.2 Å². The maximum Gasteiger partial charge on any atom is 0.245 e. The second-order valence-electron chi connectivity index (χ2n) is 8.30. The second-order valence-corrected chi connectivity index (χ2v) is 11.1. The summed E-state index contributed by atoms with van der Waals surface area (Å²) in [6, 6.07) is 11.9.